The molecule has 0 radical (unpaired) electrons. The normalized spacial score (nSPS) is 19.2. The molecule has 186 valence electrons. The van der Waals surface area contributed by atoms with Crippen molar-refractivity contribution in [3.63, 3.8) is 0 Å². The van der Waals surface area contributed by atoms with Crippen molar-refractivity contribution in [3.05, 3.63) is 57.1 Å². The molecule has 2 aliphatic heterocycles. The number of likely N-dealkylation sites (tertiary alicyclic amines) is 1. The monoisotopic (exact) mass is 484 g/mol. The van der Waals surface area contributed by atoms with Gasteiger partial charge in [-0.05, 0) is 64.3 Å². The van der Waals surface area contributed by atoms with Crippen LogP contribution >= 0.6 is 0 Å². The number of carbonyl (C=O) groups is 1. The summed E-state index contributed by atoms with van der Waals surface area (Å²) < 4.78 is 25.9. The number of aliphatic carboxylic acids is 1. The van der Waals surface area contributed by atoms with Crippen LogP contribution in [0.3, 0.4) is 0 Å². The average molecular weight is 485 g/mol. The Morgan fingerprint density at radius 2 is 2.06 bits per heavy atom. The van der Waals surface area contributed by atoms with E-state index >= 15 is 0 Å². The lowest BCUT2D eigenvalue weighted by Crippen LogP contribution is -2.38. The quantitative estimate of drug-likeness (QED) is 0.544. The molecule has 0 spiro atoms. The van der Waals surface area contributed by atoms with Crippen LogP contribution in [-0.2, 0) is 22.5 Å². The Hall–Kier alpha value is -3.11. The van der Waals surface area contributed by atoms with Crippen LogP contribution in [0.2, 0.25) is 0 Å². The van der Waals surface area contributed by atoms with Gasteiger partial charge in [-0.3, -0.25) is 9.36 Å². The molecule has 1 atom stereocenters. The Bertz CT molecular complexity index is 1290. The molecule has 9 nitrogen and oxygen atoms in total. The van der Waals surface area contributed by atoms with Crippen molar-refractivity contribution in [1.82, 2.24) is 19.6 Å². The third kappa shape index (κ3) is 4.85. The predicted octanol–water partition coefficient (Wildman–Crippen LogP) is 3.19. The Morgan fingerprint density at radius 3 is 2.83 bits per heavy atom. The second-order valence-electron chi connectivity index (χ2n) is 9.40. The van der Waals surface area contributed by atoms with Gasteiger partial charge >= 0.3 is 5.97 Å². The number of benzene rings is 1. The molecule has 5 rings (SSSR count). The van der Waals surface area contributed by atoms with Gasteiger partial charge in [0.1, 0.15) is 24.4 Å². The number of hydrogen-bond donors (Lipinski definition) is 1. The van der Waals surface area contributed by atoms with E-state index in [1.165, 1.54) is 12.1 Å². The summed E-state index contributed by atoms with van der Waals surface area (Å²) in [5.74, 6) is -0.573. The summed E-state index contributed by atoms with van der Waals surface area (Å²) >= 11 is 0. The fourth-order valence-corrected chi connectivity index (χ4v) is 5.29. The maximum Gasteiger partial charge on any atom is 0.329 e. The first-order valence-electron chi connectivity index (χ1n) is 12.1. The number of ether oxygens (including phenoxy) is 1. The van der Waals surface area contributed by atoms with Crippen LogP contribution in [-0.4, -0.2) is 56.9 Å². The first-order valence-corrected chi connectivity index (χ1v) is 12.1. The highest BCUT2D eigenvalue weighted by Gasteiger charge is 2.28. The second kappa shape index (κ2) is 9.87. The van der Waals surface area contributed by atoms with E-state index in [1.807, 2.05) is 6.92 Å². The zero-order valence-electron chi connectivity index (χ0n) is 19.7. The van der Waals surface area contributed by atoms with Crippen molar-refractivity contribution < 1.29 is 23.6 Å². The number of carboxylic acid groups (broad SMARTS) is 1. The SMILES string of the molecule is Cc1nc2n(c(=O)c1CCN1CCC(c3noc4cc(F)ccc34)CC1)CCCC2OCC(=O)O. The summed E-state index contributed by atoms with van der Waals surface area (Å²) in [7, 11) is 0. The lowest BCUT2D eigenvalue weighted by molar-refractivity contribution is -0.145. The highest BCUT2D eigenvalue weighted by atomic mass is 19.1. The van der Waals surface area contributed by atoms with Crippen molar-refractivity contribution in [3.8, 4) is 0 Å². The third-order valence-corrected chi connectivity index (χ3v) is 7.16. The molecule has 1 aromatic carbocycles. The molecular formula is C25H29FN4O5. The molecule has 4 heterocycles. The van der Waals surface area contributed by atoms with Gasteiger partial charge in [-0.15, -0.1) is 0 Å². The Balaban J connectivity index is 1.23. The van der Waals surface area contributed by atoms with Gasteiger partial charge in [-0.25, -0.2) is 14.2 Å². The van der Waals surface area contributed by atoms with Crippen molar-refractivity contribution in [2.75, 3.05) is 26.2 Å². The molecule has 0 aliphatic carbocycles. The van der Waals surface area contributed by atoms with Gasteiger partial charge in [-0.2, -0.15) is 0 Å². The zero-order valence-corrected chi connectivity index (χ0v) is 19.7. The molecular weight excluding hydrogens is 455 g/mol. The van der Waals surface area contributed by atoms with E-state index in [9.17, 15) is 14.0 Å². The minimum Gasteiger partial charge on any atom is -0.480 e. The summed E-state index contributed by atoms with van der Waals surface area (Å²) in [6, 6.07) is 4.54. The van der Waals surface area contributed by atoms with Crippen LogP contribution in [0.5, 0.6) is 0 Å². The van der Waals surface area contributed by atoms with Crippen molar-refractivity contribution in [1.29, 1.82) is 0 Å². The van der Waals surface area contributed by atoms with Crippen LogP contribution in [0.1, 0.15) is 60.5 Å². The number of aryl methyl sites for hydroxylation is 1. The third-order valence-electron chi connectivity index (χ3n) is 7.16. The predicted molar refractivity (Wildman–Crippen MR) is 125 cm³/mol. The van der Waals surface area contributed by atoms with E-state index in [4.69, 9.17) is 14.4 Å². The van der Waals surface area contributed by atoms with Gasteiger partial charge in [0, 0.05) is 41.7 Å². The number of rotatable bonds is 7. The number of fused-ring (bicyclic) bond motifs is 2. The molecule has 2 aromatic heterocycles. The lowest BCUT2D eigenvalue weighted by atomic mass is 9.91. The molecule has 35 heavy (non-hydrogen) atoms. The van der Waals surface area contributed by atoms with Gasteiger partial charge < -0.3 is 19.3 Å². The summed E-state index contributed by atoms with van der Waals surface area (Å²) in [6.45, 7) is 4.52. The van der Waals surface area contributed by atoms with E-state index in [1.54, 1.807) is 10.6 Å². The zero-order chi connectivity index (χ0) is 24.5. The van der Waals surface area contributed by atoms with Gasteiger partial charge in [0.15, 0.2) is 5.58 Å². The van der Waals surface area contributed by atoms with Gasteiger partial charge in [-0.1, -0.05) is 5.16 Å². The van der Waals surface area contributed by atoms with Crippen LogP contribution in [0, 0.1) is 12.7 Å². The molecule has 0 saturated carbocycles. The van der Waals surface area contributed by atoms with E-state index in [0.717, 1.165) is 50.0 Å². The molecule has 1 unspecified atom stereocenters. The lowest BCUT2D eigenvalue weighted by Gasteiger charge is -2.31. The smallest absolute Gasteiger partial charge is 0.329 e. The van der Waals surface area contributed by atoms with E-state index in [0.29, 0.717) is 42.1 Å². The molecule has 3 aromatic rings. The average Bonchev–Trinajstić information content (AvgIpc) is 3.26. The molecule has 2 aliphatic rings. The minimum absolute atomic E-state index is 0.0488. The largest absolute Gasteiger partial charge is 0.480 e. The Kier molecular flexibility index (Phi) is 6.66. The van der Waals surface area contributed by atoms with Crippen molar-refractivity contribution in [2.45, 2.75) is 57.6 Å². The van der Waals surface area contributed by atoms with Crippen LogP contribution < -0.4 is 5.56 Å². The van der Waals surface area contributed by atoms with Crippen LogP contribution in [0.15, 0.2) is 27.5 Å². The summed E-state index contributed by atoms with van der Waals surface area (Å²) in [5, 5.41) is 14.0. The first-order chi connectivity index (χ1) is 16.9. The van der Waals surface area contributed by atoms with Gasteiger partial charge in [0.2, 0.25) is 0 Å². The highest BCUT2D eigenvalue weighted by Crippen LogP contribution is 2.33. The number of halogens is 1. The number of nitrogens with zero attached hydrogens (tertiary/aromatic N) is 4. The number of piperidine rings is 1. The van der Waals surface area contributed by atoms with Crippen LogP contribution in [0.4, 0.5) is 4.39 Å². The van der Waals surface area contributed by atoms with Gasteiger partial charge in [0.25, 0.3) is 5.56 Å². The fraction of sp³-hybridized carbons (Fsp3) is 0.520. The second-order valence-corrected chi connectivity index (χ2v) is 9.40. The summed E-state index contributed by atoms with van der Waals surface area (Å²) in [5.41, 5.74) is 2.72. The molecule has 0 bridgehead atoms. The minimum atomic E-state index is -1.03. The molecule has 1 fully saturated rings. The number of hydrogen-bond acceptors (Lipinski definition) is 7. The molecule has 1 saturated heterocycles. The van der Waals surface area contributed by atoms with Gasteiger partial charge in [0.05, 0.1) is 5.69 Å². The summed E-state index contributed by atoms with van der Waals surface area (Å²) in [6.07, 6.45) is 3.38. The summed E-state index contributed by atoms with van der Waals surface area (Å²) in [4.78, 5) is 31.1. The molecule has 10 heteroatoms. The van der Waals surface area contributed by atoms with E-state index < -0.39 is 18.7 Å². The van der Waals surface area contributed by atoms with E-state index in [-0.39, 0.29) is 17.3 Å². The van der Waals surface area contributed by atoms with Crippen molar-refractivity contribution in [2.24, 2.45) is 0 Å². The van der Waals surface area contributed by atoms with Crippen LogP contribution in [0.25, 0.3) is 11.0 Å². The van der Waals surface area contributed by atoms with E-state index in [2.05, 4.69) is 15.0 Å². The maximum atomic E-state index is 13.4. The Labute approximate surface area is 201 Å². The standard InChI is InChI=1S/C25H29FN4O5/c1-15-18(25(33)30-9-2-3-20(24(30)27-15)34-14-22(31)32)8-12-29-10-6-16(7-11-29)23-19-5-4-17(26)13-21(19)35-28-23/h4-5,13,16,20H,2-3,6-12,14H2,1H3,(H,31,32). The fourth-order valence-electron chi connectivity index (χ4n) is 5.29. The molecule has 0 amide bonds. The Morgan fingerprint density at radius 1 is 1.26 bits per heavy atom. The maximum absolute atomic E-state index is 13.4. The number of aromatic nitrogens is 3. The highest BCUT2D eigenvalue weighted by molar-refractivity contribution is 5.79. The molecule has 1 N–H and O–H groups in total. The topological polar surface area (TPSA) is 111 Å². The number of carboxylic acids is 1. The van der Waals surface area contributed by atoms with Crippen molar-refractivity contribution >= 4 is 16.9 Å². The first kappa shape index (κ1) is 23.6.